The highest BCUT2D eigenvalue weighted by Crippen LogP contribution is 2.47. The molecule has 1 aliphatic heterocycles. The van der Waals surface area contributed by atoms with Gasteiger partial charge in [0.1, 0.15) is 5.82 Å². The smallest absolute Gasteiger partial charge is 0.354 e. The van der Waals surface area contributed by atoms with E-state index in [1.54, 1.807) is 4.90 Å². The fourth-order valence-electron chi connectivity index (χ4n) is 3.97. The van der Waals surface area contributed by atoms with Crippen LogP contribution in [0.25, 0.3) is 0 Å². The Hall–Kier alpha value is -2.17. The SMILES string of the molecule is C[C@H]1[C@H](NS(=O)(=O)N2CCN(c3ccc(C(F)(F)F)cn3)CC2)[C@H]1c1ccccc1. The molecule has 1 aliphatic carbocycles. The minimum Gasteiger partial charge on any atom is -0.354 e. The monoisotopic (exact) mass is 440 g/mol. The number of aromatic nitrogens is 1. The van der Waals surface area contributed by atoms with E-state index in [0.29, 0.717) is 18.9 Å². The average Bonchev–Trinajstić information content (AvgIpc) is 3.36. The highest BCUT2D eigenvalue weighted by molar-refractivity contribution is 7.87. The van der Waals surface area contributed by atoms with E-state index in [0.717, 1.165) is 17.8 Å². The summed E-state index contributed by atoms with van der Waals surface area (Å²) in [5, 5.41) is 0. The van der Waals surface area contributed by atoms with E-state index >= 15 is 0 Å². The van der Waals surface area contributed by atoms with Gasteiger partial charge in [0, 0.05) is 44.3 Å². The van der Waals surface area contributed by atoms with Crippen molar-refractivity contribution < 1.29 is 21.6 Å². The number of halogens is 3. The second-order valence-corrected chi connectivity index (χ2v) is 9.44. The summed E-state index contributed by atoms with van der Waals surface area (Å²) >= 11 is 0. The molecule has 2 aliphatic rings. The highest BCUT2D eigenvalue weighted by atomic mass is 32.2. The molecular formula is C20H23F3N4O2S. The molecule has 1 saturated carbocycles. The largest absolute Gasteiger partial charge is 0.417 e. The van der Waals surface area contributed by atoms with Crippen molar-refractivity contribution in [3.8, 4) is 0 Å². The van der Waals surface area contributed by atoms with Crippen LogP contribution in [-0.4, -0.2) is 49.9 Å². The fourth-order valence-corrected chi connectivity index (χ4v) is 5.47. The van der Waals surface area contributed by atoms with Gasteiger partial charge in [-0.2, -0.15) is 30.6 Å². The third kappa shape index (κ3) is 4.30. The molecule has 1 aromatic heterocycles. The van der Waals surface area contributed by atoms with Crippen LogP contribution in [0, 0.1) is 5.92 Å². The van der Waals surface area contributed by atoms with E-state index in [4.69, 9.17) is 0 Å². The summed E-state index contributed by atoms with van der Waals surface area (Å²) in [5.41, 5.74) is 0.319. The Bertz CT molecular complexity index is 975. The number of piperazine rings is 1. The number of benzene rings is 1. The standard InChI is InChI=1S/C20H23F3N4O2S/c1-14-18(15-5-3-2-4-6-15)19(14)25-30(28,29)27-11-9-26(10-12-27)17-8-7-16(13-24-17)20(21,22)23/h2-8,13-14,18-19,25H,9-12H2,1H3/t14-,18-,19+/m1/s1. The fraction of sp³-hybridized carbons (Fsp3) is 0.450. The Balaban J connectivity index is 1.34. The minimum atomic E-state index is -4.43. The van der Waals surface area contributed by atoms with Gasteiger partial charge >= 0.3 is 6.18 Å². The number of anilines is 1. The van der Waals surface area contributed by atoms with Crippen LogP contribution in [0.2, 0.25) is 0 Å². The normalized spacial score (nSPS) is 25.3. The molecule has 2 heterocycles. The van der Waals surface area contributed by atoms with Crippen LogP contribution in [-0.2, 0) is 16.4 Å². The van der Waals surface area contributed by atoms with Crippen molar-refractivity contribution in [2.45, 2.75) is 25.1 Å². The Morgan fingerprint density at radius 1 is 1.03 bits per heavy atom. The molecule has 1 aromatic carbocycles. The Kier molecular flexibility index (Phi) is 5.50. The topological polar surface area (TPSA) is 65.5 Å². The molecule has 1 saturated heterocycles. The maximum atomic E-state index is 12.8. The second-order valence-electron chi connectivity index (χ2n) is 7.73. The number of alkyl halides is 3. The lowest BCUT2D eigenvalue weighted by Gasteiger charge is -2.34. The van der Waals surface area contributed by atoms with Crippen LogP contribution in [0.4, 0.5) is 19.0 Å². The first-order valence-corrected chi connectivity index (χ1v) is 11.2. The second kappa shape index (κ2) is 7.82. The van der Waals surface area contributed by atoms with Crippen molar-refractivity contribution in [2.75, 3.05) is 31.1 Å². The number of pyridine rings is 1. The first-order valence-electron chi connectivity index (χ1n) is 9.77. The predicted octanol–water partition coefficient (Wildman–Crippen LogP) is 2.86. The van der Waals surface area contributed by atoms with Crippen molar-refractivity contribution in [1.29, 1.82) is 0 Å². The van der Waals surface area contributed by atoms with Gasteiger partial charge in [-0.15, -0.1) is 0 Å². The van der Waals surface area contributed by atoms with Gasteiger partial charge < -0.3 is 4.90 Å². The molecule has 10 heteroatoms. The van der Waals surface area contributed by atoms with Crippen LogP contribution in [0.1, 0.15) is 24.0 Å². The molecule has 0 amide bonds. The maximum absolute atomic E-state index is 12.8. The van der Waals surface area contributed by atoms with Gasteiger partial charge in [-0.25, -0.2) is 4.98 Å². The first-order chi connectivity index (χ1) is 14.2. The number of nitrogens with zero attached hydrogens (tertiary/aromatic N) is 3. The number of rotatable bonds is 5. The lowest BCUT2D eigenvalue weighted by atomic mass is 10.1. The van der Waals surface area contributed by atoms with Gasteiger partial charge in [-0.05, 0) is 23.6 Å². The van der Waals surface area contributed by atoms with Gasteiger partial charge in [-0.3, -0.25) is 0 Å². The third-order valence-corrected chi connectivity index (χ3v) is 7.44. The van der Waals surface area contributed by atoms with E-state index in [1.165, 1.54) is 10.4 Å². The minimum absolute atomic E-state index is 0.132. The van der Waals surface area contributed by atoms with E-state index in [-0.39, 0.29) is 31.0 Å². The summed E-state index contributed by atoms with van der Waals surface area (Å²) < 4.78 is 67.9. The van der Waals surface area contributed by atoms with Crippen LogP contribution in [0.5, 0.6) is 0 Å². The summed E-state index contributed by atoms with van der Waals surface area (Å²) in [6.45, 7) is 3.24. The zero-order chi connectivity index (χ0) is 21.5. The van der Waals surface area contributed by atoms with E-state index in [9.17, 15) is 21.6 Å². The van der Waals surface area contributed by atoms with E-state index < -0.39 is 21.9 Å². The Morgan fingerprint density at radius 2 is 1.70 bits per heavy atom. The molecular weight excluding hydrogens is 417 g/mol. The summed E-state index contributed by atoms with van der Waals surface area (Å²) in [4.78, 5) is 5.68. The summed E-state index contributed by atoms with van der Waals surface area (Å²) in [6.07, 6.45) is -3.63. The molecule has 30 heavy (non-hydrogen) atoms. The molecule has 162 valence electrons. The predicted molar refractivity (Wildman–Crippen MR) is 107 cm³/mol. The molecule has 0 unspecified atom stereocenters. The molecule has 1 N–H and O–H groups in total. The number of hydrogen-bond donors (Lipinski definition) is 1. The van der Waals surface area contributed by atoms with Gasteiger partial charge in [0.25, 0.3) is 10.2 Å². The number of hydrogen-bond acceptors (Lipinski definition) is 4. The lowest BCUT2D eigenvalue weighted by Crippen LogP contribution is -2.52. The molecule has 0 radical (unpaired) electrons. The Morgan fingerprint density at radius 3 is 2.27 bits per heavy atom. The van der Waals surface area contributed by atoms with Crippen molar-refractivity contribution in [2.24, 2.45) is 5.92 Å². The van der Waals surface area contributed by atoms with Crippen LogP contribution in [0.3, 0.4) is 0 Å². The van der Waals surface area contributed by atoms with Crippen LogP contribution < -0.4 is 9.62 Å². The summed E-state index contributed by atoms with van der Waals surface area (Å²) in [7, 11) is -3.64. The molecule has 3 atom stereocenters. The quantitative estimate of drug-likeness (QED) is 0.777. The zero-order valence-electron chi connectivity index (χ0n) is 16.4. The maximum Gasteiger partial charge on any atom is 0.417 e. The average molecular weight is 440 g/mol. The lowest BCUT2D eigenvalue weighted by molar-refractivity contribution is -0.137. The van der Waals surface area contributed by atoms with Crippen LogP contribution in [0.15, 0.2) is 48.7 Å². The van der Waals surface area contributed by atoms with Crippen LogP contribution >= 0.6 is 0 Å². The molecule has 0 bridgehead atoms. The number of nitrogens with one attached hydrogen (secondary N) is 1. The van der Waals surface area contributed by atoms with Crippen molar-refractivity contribution >= 4 is 16.0 Å². The molecule has 4 rings (SSSR count). The Labute approximate surface area is 173 Å². The van der Waals surface area contributed by atoms with Gasteiger partial charge in [-0.1, -0.05) is 37.3 Å². The molecule has 6 nitrogen and oxygen atoms in total. The molecule has 0 spiro atoms. The van der Waals surface area contributed by atoms with Crippen molar-refractivity contribution in [3.05, 3.63) is 59.8 Å². The summed E-state index contributed by atoms with van der Waals surface area (Å²) in [6, 6.07) is 12.0. The summed E-state index contributed by atoms with van der Waals surface area (Å²) in [5.74, 6) is 0.798. The van der Waals surface area contributed by atoms with E-state index in [1.807, 2.05) is 37.3 Å². The van der Waals surface area contributed by atoms with Crippen molar-refractivity contribution in [3.63, 3.8) is 0 Å². The first kappa shape index (κ1) is 21.1. The third-order valence-electron chi connectivity index (χ3n) is 5.83. The van der Waals surface area contributed by atoms with E-state index in [2.05, 4.69) is 9.71 Å². The van der Waals surface area contributed by atoms with Gasteiger partial charge in [0.15, 0.2) is 0 Å². The molecule has 2 aromatic rings. The molecule has 2 fully saturated rings. The van der Waals surface area contributed by atoms with Gasteiger partial charge in [0.05, 0.1) is 5.56 Å². The van der Waals surface area contributed by atoms with Gasteiger partial charge in [0.2, 0.25) is 0 Å². The highest BCUT2D eigenvalue weighted by Gasteiger charge is 2.50. The van der Waals surface area contributed by atoms with Crippen molar-refractivity contribution in [1.82, 2.24) is 14.0 Å². The zero-order valence-corrected chi connectivity index (χ0v) is 17.2.